The van der Waals surface area contributed by atoms with E-state index in [4.69, 9.17) is 0 Å². The van der Waals surface area contributed by atoms with E-state index in [-0.39, 0.29) is 0 Å². The molecule has 0 rings (SSSR count). The molecule has 1 unspecified atom stereocenters. The molecule has 16 heavy (non-hydrogen) atoms. The maximum Gasteiger partial charge on any atom is 0.118 e. The fourth-order valence-corrected chi connectivity index (χ4v) is 3.01. The standard InChI is InChI=1S/C11H23N4P/c1-10(2)15(11(3)4)16(7-12)9-13-8-14(5)6/h9-11H,8H2,1-6H3/b13-9+. The zero-order chi connectivity index (χ0) is 12.7. The Balaban J connectivity index is 4.57. The topological polar surface area (TPSA) is 42.6 Å². The zero-order valence-electron chi connectivity index (χ0n) is 11.2. The largest absolute Gasteiger partial charge is 0.291 e. The van der Waals surface area contributed by atoms with Gasteiger partial charge in [-0.2, -0.15) is 5.26 Å². The van der Waals surface area contributed by atoms with Gasteiger partial charge in [0.2, 0.25) is 0 Å². The molecule has 5 heteroatoms. The molecule has 0 aromatic rings. The minimum atomic E-state index is -0.911. The van der Waals surface area contributed by atoms with Gasteiger partial charge in [-0.25, -0.2) is 0 Å². The molecule has 4 nitrogen and oxygen atoms in total. The van der Waals surface area contributed by atoms with Gasteiger partial charge in [-0.3, -0.25) is 14.6 Å². The highest BCUT2D eigenvalue weighted by atomic mass is 31.1. The first kappa shape index (κ1) is 15.5. The molecule has 0 N–H and O–H groups in total. The second kappa shape index (κ2) is 7.73. The molecule has 0 amide bonds. The van der Waals surface area contributed by atoms with Crippen molar-refractivity contribution in [3.05, 3.63) is 0 Å². The highest BCUT2D eigenvalue weighted by Crippen LogP contribution is 2.39. The summed E-state index contributed by atoms with van der Waals surface area (Å²) < 4.78 is 2.22. The van der Waals surface area contributed by atoms with Crippen LogP contribution in [0.3, 0.4) is 0 Å². The summed E-state index contributed by atoms with van der Waals surface area (Å²) in [6, 6.07) is 0.744. The van der Waals surface area contributed by atoms with Crippen LogP contribution in [0.1, 0.15) is 27.7 Å². The van der Waals surface area contributed by atoms with E-state index in [0.717, 1.165) is 0 Å². The summed E-state index contributed by atoms with van der Waals surface area (Å²) >= 11 is 0. The summed E-state index contributed by atoms with van der Waals surface area (Å²) in [5, 5.41) is 9.19. The molecule has 0 aliphatic heterocycles. The predicted octanol–water partition coefficient (Wildman–Crippen LogP) is 2.53. The van der Waals surface area contributed by atoms with E-state index in [1.165, 1.54) is 0 Å². The average molecular weight is 242 g/mol. The van der Waals surface area contributed by atoms with Gasteiger partial charge in [0.05, 0.1) is 12.6 Å². The molecule has 0 aromatic carbocycles. The normalized spacial score (nSPS) is 14.3. The molecule has 0 radical (unpaired) electrons. The molecular weight excluding hydrogens is 219 g/mol. The number of hydrogen-bond donors (Lipinski definition) is 0. The molecule has 0 heterocycles. The van der Waals surface area contributed by atoms with E-state index in [0.29, 0.717) is 18.8 Å². The number of nitriles is 1. The summed E-state index contributed by atoms with van der Waals surface area (Å²) in [5.41, 5.74) is 0. The quantitative estimate of drug-likeness (QED) is 0.531. The lowest BCUT2D eigenvalue weighted by Gasteiger charge is -2.31. The van der Waals surface area contributed by atoms with Gasteiger partial charge in [0.25, 0.3) is 0 Å². The molecule has 0 fully saturated rings. The third-order valence-corrected chi connectivity index (χ3v) is 3.97. The van der Waals surface area contributed by atoms with Crippen molar-refractivity contribution in [3.8, 4) is 5.81 Å². The summed E-state index contributed by atoms with van der Waals surface area (Å²) in [5.74, 6) is 4.18. The summed E-state index contributed by atoms with van der Waals surface area (Å²) in [4.78, 5) is 6.28. The Morgan fingerprint density at radius 2 is 1.75 bits per heavy atom. The maximum absolute atomic E-state index is 9.19. The van der Waals surface area contributed by atoms with Crippen molar-refractivity contribution in [2.45, 2.75) is 39.8 Å². The van der Waals surface area contributed by atoms with Gasteiger partial charge in [0.15, 0.2) is 0 Å². The molecule has 0 saturated carbocycles. The van der Waals surface area contributed by atoms with Crippen molar-refractivity contribution in [1.82, 2.24) is 9.57 Å². The first-order valence-corrected chi connectivity index (χ1v) is 6.88. The van der Waals surface area contributed by atoms with Crippen LogP contribution in [0.4, 0.5) is 0 Å². The molecule has 92 valence electrons. The van der Waals surface area contributed by atoms with E-state index < -0.39 is 8.07 Å². The number of rotatable bonds is 6. The van der Waals surface area contributed by atoms with E-state index in [1.807, 2.05) is 25.0 Å². The molecule has 0 aromatic heterocycles. The lowest BCUT2D eigenvalue weighted by Crippen LogP contribution is -2.32. The van der Waals surface area contributed by atoms with Gasteiger partial charge in [-0.1, -0.05) is 0 Å². The van der Waals surface area contributed by atoms with Crippen molar-refractivity contribution < 1.29 is 0 Å². The summed E-state index contributed by atoms with van der Waals surface area (Å²) in [6.07, 6.45) is 0. The van der Waals surface area contributed by atoms with Crippen molar-refractivity contribution in [2.24, 2.45) is 4.99 Å². The van der Waals surface area contributed by atoms with Gasteiger partial charge >= 0.3 is 0 Å². The fourth-order valence-electron chi connectivity index (χ4n) is 1.51. The van der Waals surface area contributed by atoms with Gasteiger partial charge in [-0.05, 0) is 41.8 Å². The Labute approximate surface area is 101 Å². The van der Waals surface area contributed by atoms with Crippen molar-refractivity contribution in [2.75, 3.05) is 20.8 Å². The van der Waals surface area contributed by atoms with Crippen LogP contribution >= 0.6 is 8.07 Å². The maximum atomic E-state index is 9.19. The molecule has 0 saturated heterocycles. The molecule has 0 bridgehead atoms. The first-order valence-electron chi connectivity index (χ1n) is 5.52. The van der Waals surface area contributed by atoms with Crippen molar-refractivity contribution >= 4 is 14.0 Å². The minimum Gasteiger partial charge on any atom is -0.291 e. The van der Waals surface area contributed by atoms with Crippen LogP contribution in [0, 0.1) is 11.1 Å². The van der Waals surface area contributed by atoms with Crippen LogP contribution in [0.2, 0.25) is 0 Å². The minimum absolute atomic E-state index is 0.372. The molecule has 0 aliphatic rings. The Hall–Kier alpha value is -0.490. The van der Waals surface area contributed by atoms with Crippen LogP contribution < -0.4 is 0 Å². The third-order valence-electron chi connectivity index (χ3n) is 1.96. The lowest BCUT2D eigenvalue weighted by molar-refractivity contribution is 0.328. The van der Waals surface area contributed by atoms with Gasteiger partial charge in [-0.15, -0.1) is 0 Å². The summed E-state index contributed by atoms with van der Waals surface area (Å²) in [6.45, 7) is 9.11. The monoisotopic (exact) mass is 242 g/mol. The van der Waals surface area contributed by atoms with Gasteiger partial charge in [0.1, 0.15) is 13.9 Å². The van der Waals surface area contributed by atoms with Gasteiger partial charge in [0, 0.05) is 12.1 Å². The predicted molar refractivity (Wildman–Crippen MR) is 71.7 cm³/mol. The van der Waals surface area contributed by atoms with Crippen LogP contribution in [-0.2, 0) is 0 Å². The molecule has 0 spiro atoms. The molecule has 1 atom stereocenters. The first-order chi connectivity index (χ1) is 7.40. The van der Waals surface area contributed by atoms with E-state index in [1.54, 1.807) is 0 Å². The Morgan fingerprint density at radius 1 is 1.25 bits per heavy atom. The van der Waals surface area contributed by atoms with Crippen LogP contribution in [0.5, 0.6) is 0 Å². The van der Waals surface area contributed by atoms with Crippen LogP contribution in [0.25, 0.3) is 0 Å². The Kier molecular flexibility index (Phi) is 7.49. The van der Waals surface area contributed by atoms with Gasteiger partial charge < -0.3 is 0 Å². The second-order valence-corrected chi connectivity index (χ2v) is 6.11. The highest BCUT2D eigenvalue weighted by Gasteiger charge is 2.22. The number of aliphatic imine (C=N–C) groups is 1. The SMILES string of the molecule is CC(C)N(C(C)C)P(C#N)/C=N/CN(C)C. The van der Waals surface area contributed by atoms with Crippen LogP contribution in [0.15, 0.2) is 4.99 Å². The smallest absolute Gasteiger partial charge is 0.118 e. The average Bonchev–Trinajstić information content (AvgIpc) is 2.14. The lowest BCUT2D eigenvalue weighted by atomic mass is 10.3. The van der Waals surface area contributed by atoms with Crippen molar-refractivity contribution in [3.63, 3.8) is 0 Å². The van der Waals surface area contributed by atoms with E-state index in [9.17, 15) is 5.26 Å². The van der Waals surface area contributed by atoms with E-state index >= 15 is 0 Å². The zero-order valence-corrected chi connectivity index (χ0v) is 12.1. The Morgan fingerprint density at radius 3 is 2.06 bits per heavy atom. The van der Waals surface area contributed by atoms with Crippen LogP contribution in [-0.4, -0.2) is 48.4 Å². The summed E-state index contributed by atoms with van der Waals surface area (Å²) in [7, 11) is 3.02. The fraction of sp³-hybridized carbons (Fsp3) is 0.818. The van der Waals surface area contributed by atoms with E-state index in [2.05, 4.69) is 43.2 Å². The molecule has 0 aliphatic carbocycles. The third kappa shape index (κ3) is 5.55. The molecular formula is C11H23N4P. The number of hydrogen-bond acceptors (Lipinski definition) is 4. The second-order valence-electron chi connectivity index (χ2n) is 4.53. The highest BCUT2D eigenvalue weighted by molar-refractivity contribution is 7.75. The number of nitrogens with zero attached hydrogens (tertiary/aromatic N) is 4. The van der Waals surface area contributed by atoms with Crippen molar-refractivity contribution in [1.29, 1.82) is 5.26 Å². The Bertz CT molecular complexity index is 247.